The molecule has 0 fully saturated rings. The summed E-state index contributed by atoms with van der Waals surface area (Å²) in [5, 5.41) is 2.82. The van der Waals surface area contributed by atoms with E-state index in [1.807, 2.05) is 84.9 Å². The zero-order valence-corrected chi connectivity index (χ0v) is 17.1. The highest BCUT2D eigenvalue weighted by molar-refractivity contribution is 6.06. The van der Waals surface area contributed by atoms with Crippen LogP contribution in [0.15, 0.2) is 84.9 Å². The third-order valence-corrected chi connectivity index (χ3v) is 4.66. The molecule has 0 spiro atoms. The van der Waals surface area contributed by atoms with Crippen LogP contribution in [0, 0.1) is 0 Å². The van der Waals surface area contributed by atoms with Gasteiger partial charge in [0.25, 0.3) is 5.91 Å². The van der Waals surface area contributed by atoms with Crippen LogP contribution < -0.4 is 10.2 Å². The molecule has 0 aromatic heterocycles. The maximum absolute atomic E-state index is 13.3. The van der Waals surface area contributed by atoms with Crippen molar-refractivity contribution in [1.82, 2.24) is 5.32 Å². The second-order valence-electron chi connectivity index (χ2n) is 6.93. The van der Waals surface area contributed by atoms with Gasteiger partial charge in [-0.05, 0) is 35.4 Å². The molecule has 0 bridgehead atoms. The molecule has 1 N–H and O–H groups in total. The van der Waals surface area contributed by atoms with Gasteiger partial charge in [-0.15, -0.1) is 0 Å². The Bertz CT molecular complexity index is 958. The Kier molecular flexibility index (Phi) is 7.75. The SMILES string of the molecule is COCCNC(=O)Cc1cccc(N(Cc2ccccc2)C(=O)c2ccccc2)c1. The van der Waals surface area contributed by atoms with Crippen LogP contribution in [0.2, 0.25) is 0 Å². The number of nitrogens with zero attached hydrogens (tertiary/aromatic N) is 1. The number of rotatable bonds is 9. The summed E-state index contributed by atoms with van der Waals surface area (Å²) < 4.78 is 4.96. The van der Waals surface area contributed by atoms with Crippen LogP contribution >= 0.6 is 0 Å². The Hall–Kier alpha value is -3.44. The lowest BCUT2D eigenvalue weighted by Gasteiger charge is -2.24. The maximum Gasteiger partial charge on any atom is 0.258 e. The van der Waals surface area contributed by atoms with Crippen molar-refractivity contribution in [2.75, 3.05) is 25.2 Å². The normalized spacial score (nSPS) is 10.4. The van der Waals surface area contributed by atoms with Crippen LogP contribution in [0.4, 0.5) is 5.69 Å². The van der Waals surface area contributed by atoms with Crippen LogP contribution in [-0.4, -0.2) is 32.1 Å². The first-order valence-electron chi connectivity index (χ1n) is 9.93. The number of carbonyl (C=O) groups excluding carboxylic acids is 2. The van der Waals surface area contributed by atoms with Crippen LogP contribution in [0.1, 0.15) is 21.5 Å². The third-order valence-electron chi connectivity index (χ3n) is 4.66. The molecule has 3 aromatic carbocycles. The summed E-state index contributed by atoms with van der Waals surface area (Å²) in [7, 11) is 1.60. The van der Waals surface area contributed by atoms with E-state index in [9.17, 15) is 9.59 Å². The molecule has 0 aliphatic heterocycles. The number of ether oxygens (including phenoxy) is 1. The van der Waals surface area contributed by atoms with E-state index < -0.39 is 0 Å². The van der Waals surface area contributed by atoms with Crippen molar-refractivity contribution < 1.29 is 14.3 Å². The largest absolute Gasteiger partial charge is 0.383 e. The number of hydrogen-bond acceptors (Lipinski definition) is 3. The number of amides is 2. The minimum atomic E-state index is -0.0823. The van der Waals surface area contributed by atoms with Crippen LogP contribution in [-0.2, 0) is 22.5 Å². The number of methoxy groups -OCH3 is 1. The van der Waals surface area contributed by atoms with Crippen molar-refractivity contribution in [1.29, 1.82) is 0 Å². The second-order valence-corrected chi connectivity index (χ2v) is 6.93. The summed E-state index contributed by atoms with van der Waals surface area (Å²) >= 11 is 0. The lowest BCUT2D eigenvalue weighted by atomic mass is 10.1. The van der Waals surface area contributed by atoms with Crippen molar-refractivity contribution >= 4 is 17.5 Å². The highest BCUT2D eigenvalue weighted by atomic mass is 16.5. The predicted octanol–water partition coefficient (Wildman–Crippen LogP) is 3.84. The Balaban J connectivity index is 1.84. The third kappa shape index (κ3) is 6.03. The molecule has 30 heavy (non-hydrogen) atoms. The first-order chi connectivity index (χ1) is 14.7. The molecule has 0 unspecified atom stereocenters. The van der Waals surface area contributed by atoms with Gasteiger partial charge in [0.1, 0.15) is 0 Å². The molecule has 0 heterocycles. The number of hydrogen-bond donors (Lipinski definition) is 1. The highest BCUT2D eigenvalue weighted by Gasteiger charge is 2.18. The van der Waals surface area contributed by atoms with Crippen molar-refractivity contribution in [3.8, 4) is 0 Å². The van der Waals surface area contributed by atoms with Crippen molar-refractivity contribution in [3.05, 3.63) is 102 Å². The van der Waals surface area contributed by atoms with E-state index in [1.54, 1.807) is 12.0 Å². The van der Waals surface area contributed by atoms with Crippen LogP contribution in [0.25, 0.3) is 0 Å². The summed E-state index contributed by atoms with van der Waals surface area (Å²) in [4.78, 5) is 27.2. The molecule has 5 heteroatoms. The zero-order chi connectivity index (χ0) is 21.2. The van der Waals surface area contributed by atoms with Gasteiger partial charge >= 0.3 is 0 Å². The van der Waals surface area contributed by atoms with Crippen LogP contribution in [0.3, 0.4) is 0 Å². The van der Waals surface area contributed by atoms with Gasteiger partial charge in [0.05, 0.1) is 19.6 Å². The Morgan fingerprint density at radius 2 is 1.53 bits per heavy atom. The van der Waals surface area contributed by atoms with Gasteiger partial charge in [0.2, 0.25) is 5.91 Å². The maximum atomic E-state index is 13.3. The number of nitrogens with one attached hydrogen (secondary N) is 1. The van der Waals surface area contributed by atoms with Gasteiger partial charge in [-0.2, -0.15) is 0 Å². The smallest absolute Gasteiger partial charge is 0.258 e. The van der Waals surface area contributed by atoms with Gasteiger partial charge in [-0.3, -0.25) is 9.59 Å². The second kappa shape index (κ2) is 10.9. The summed E-state index contributed by atoms with van der Waals surface area (Å²) in [5.41, 5.74) is 3.26. The Morgan fingerprint density at radius 1 is 0.867 bits per heavy atom. The molecule has 0 atom stereocenters. The van der Waals surface area contributed by atoms with Gasteiger partial charge in [0, 0.05) is 24.9 Å². The molecule has 3 rings (SSSR count). The number of anilines is 1. The molecule has 5 nitrogen and oxygen atoms in total. The molecule has 0 saturated heterocycles. The molecule has 3 aromatic rings. The van der Waals surface area contributed by atoms with Crippen molar-refractivity contribution in [2.45, 2.75) is 13.0 Å². The van der Waals surface area contributed by atoms with E-state index in [2.05, 4.69) is 5.32 Å². The Labute approximate surface area is 177 Å². The molecule has 154 valence electrons. The van der Waals surface area contributed by atoms with Gasteiger partial charge < -0.3 is 15.0 Å². The first kappa shape index (κ1) is 21.3. The summed E-state index contributed by atoms with van der Waals surface area (Å²) in [6.07, 6.45) is 0.246. The molecular weight excluding hydrogens is 376 g/mol. The van der Waals surface area contributed by atoms with E-state index in [0.717, 1.165) is 16.8 Å². The zero-order valence-electron chi connectivity index (χ0n) is 17.1. The van der Waals surface area contributed by atoms with E-state index in [1.165, 1.54) is 0 Å². The molecule has 0 radical (unpaired) electrons. The van der Waals surface area contributed by atoms with Gasteiger partial charge in [0.15, 0.2) is 0 Å². The molecule has 0 aliphatic carbocycles. The number of carbonyl (C=O) groups is 2. The average molecular weight is 402 g/mol. The molecule has 0 saturated carbocycles. The fourth-order valence-corrected chi connectivity index (χ4v) is 3.16. The fourth-order valence-electron chi connectivity index (χ4n) is 3.16. The fraction of sp³-hybridized carbons (Fsp3) is 0.200. The standard InChI is InChI=1S/C25H26N2O3/c1-30-16-15-26-24(28)18-21-11-8-14-23(17-21)27(19-20-9-4-2-5-10-20)25(29)22-12-6-3-7-13-22/h2-14,17H,15-16,18-19H2,1H3,(H,26,28). The minimum absolute atomic E-state index is 0.0757. The highest BCUT2D eigenvalue weighted by Crippen LogP contribution is 2.22. The molecule has 0 aliphatic rings. The lowest BCUT2D eigenvalue weighted by Crippen LogP contribution is -2.31. The van der Waals surface area contributed by atoms with E-state index >= 15 is 0 Å². The summed E-state index contributed by atoms with van der Waals surface area (Å²) in [5.74, 6) is -0.158. The van der Waals surface area contributed by atoms with Crippen molar-refractivity contribution in [2.24, 2.45) is 0 Å². The van der Waals surface area contributed by atoms with Gasteiger partial charge in [-0.25, -0.2) is 0 Å². The number of benzene rings is 3. The molecular formula is C25H26N2O3. The average Bonchev–Trinajstić information content (AvgIpc) is 2.79. The topological polar surface area (TPSA) is 58.6 Å². The van der Waals surface area contributed by atoms with E-state index in [0.29, 0.717) is 25.3 Å². The van der Waals surface area contributed by atoms with Gasteiger partial charge in [-0.1, -0.05) is 60.7 Å². The minimum Gasteiger partial charge on any atom is -0.383 e. The first-order valence-corrected chi connectivity index (χ1v) is 9.93. The van der Waals surface area contributed by atoms with E-state index in [-0.39, 0.29) is 18.2 Å². The van der Waals surface area contributed by atoms with E-state index in [4.69, 9.17) is 4.74 Å². The summed E-state index contributed by atoms with van der Waals surface area (Å²) in [6.45, 7) is 1.39. The molecule has 2 amide bonds. The quantitative estimate of drug-likeness (QED) is 0.553. The predicted molar refractivity (Wildman–Crippen MR) is 118 cm³/mol. The van der Waals surface area contributed by atoms with Crippen LogP contribution in [0.5, 0.6) is 0 Å². The Morgan fingerprint density at radius 3 is 2.23 bits per heavy atom. The lowest BCUT2D eigenvalue weighted by molar-refractivity contribution is -0.120. The van der Waals surface area contributed by atoms with Crippen molar-refractivity contribution in [3.63, 3.8) is 0 Å². The summed E-state index contributed by atoms with van der Waals surface area (Å²) in [6, 6.07) is 26.7. The monoisotopic (exact) mass is 402 g/mol.